The van der Waals surface area contributed by atoms with Gasteiger partial charge in [-0.1, -0.05) is 6.07 Å². The first-order valence-corrected chi connectivity index (χ1v) is 12.4. The second-order valence-corrected chi connectivity index (χ2v) is 10.0. The summed E-state index contributed by atoms with van der Waals surface area (Å²) in [6, 6.07) is 15.9. The third-order valence-electron chi connectivity index (χ3n) is 5.93. The van der Waals surface area contributed by atoms with Crippen molar-refractivity contribution >= 4 is 17.3 Å². The normalized spacial score (nSPS) is 14.0. The van der Waals surface area contributed by atoms with Crippen LogP contribution in [0.1, 0.15) is 62.4 Å². The molecule has 2 aromatic carbocycles. The molecule has 0 atom stereocenters. The summed E-state index contributed by atoms with van der Waals surface area (Å²) in [5.74, 6) is -0.114. The highest BCUT2D eigenvalue weighted by molar-refractivity contribution is 5.90. The Morgan fingerprint density at radius 2 is 1.73 bits per heavy atom. The summed E-state index contributed by atoms with van der Waals surface area (Å²) < 4.78 is 42.6. The van der Waals surface area contributed by atoms with Crippen LogP contribution < -0.4 is 14.4 Å². The molecule has 0 bridgehead atoms. The first kappa shape index (κ1) is 26.4. The van der Waals surface area contributed by atoms with Crippen LogP contribution in [0.25, 0.3) is 0 Å². The van der Waals surface area contributed by atoms with E-state index in [2.05, 4.69) is 4.98 Å². The van der Waals surface area contributed by atoms with Crippen molar-refractivity contribution < 1.29 is 27.8 Å². The Labute approximate surface area is 216 Å². The van der Waals surface area contributed by atoms with Gasteiger partial charge in [0, 0.05) is 36.4 Å². The Balaban J connectivity index is 1.68. The predicted molar refractivity (Wildman–Crippen MR) is 138 cm³/mol. The minimum absolute atomic E-state index is 0.00671. The second-order valence-electron chi connectivity index (χ2n) is 10.0. The first-order chi connectivity index (χ1) is 17.7. The standard InChI is InChI=1S/C29H32F2N2O4/c1-29(2,3)37-27(34)21-10-12-22(13-11-21)33(19-20-7-6-16-32-18-20)23-14-15-25(36-28(30)31)26(17-23)35-24-8-4-5-9-24/h6-7,10-18,24,28H,4-5,8-9,19H2,1-3H3. The number of ether oxygens (including phenoxy) is 3. The van der Waals surface area contributed by atoms with E-state index in [9.17, 15) is 13.6 Å². The number of aromatic nitrogens is 1. The number of halogens is 2. The molecule has 0 aliphatic heterocycles. The van der Waals surface area contributed by atoms with Gasteiger partial charge in [-0.3, -0.25) is 4.98 Å². The second kappa shape index (κ2) is 11.6. The Morgan fingerprint density at radius 1 is 1.03 bits per heavy atom. The molecule has 1 heterocycles. The molecule has 0 amide bonds. The molecule has 0 N–H and O–H groups in total. The lowest BCUT2D eigenvalue weighted by Crippen LogP contribution is -2.24. The van der Waals surface area contributed by atoms with E-state index < -0.39 is 18.2 Å². The summed E-state index contributed by atoms with van der Waals surface area (Å²) in [4.78, 5) is 18.7. The Morgan fingerprint density at radius 3 is 2.35 bits per heavy atom. The van der Waals surface area contributed by atoms with Crippen molar-refractivity contribution in [2.45, 2.75) is 71.3 Å². The molecule has 4 rings (SSSR count). The Hall–Kier alpha value is -3.68. The summed E-state index contributed by atoms with van der Waals surface area (Å²) in [6.45, 7) is 2.96. The predicted octanol–water partition coefficient (Wildman–Crippen LogP) is 7.30. The topological polar surface area (TPSA) is 60.9 Å². The van der Waals surface area contributed by atoms with E-state index in [1.54, 1.807) is 36.7 Å². The number of carbonyl (C=O) groups is 1. The maximum Gasteiger partial charge on any atom is 0.387 e. The van der Waals surface area contributed by atoms with Crippen LogP contribution in [-0.2, 0) is 11.3 Å². The van der Waals surface area contributed by atoms with Crippen molar-refractivity contribution in [3.8, 4) is 11.5 Å². The van der Waals surface area contributed by atoms with E-state index in [1.807, 2.05) is 49.9 Å². The van der Waals surface area contributed by atoms with Crippen molar-refractivity contribution in [1.29, 1.82) is 0 Å². The number of pyridine rings is 1. The van der Waals surface area contributed by atoms with Gasteiger partial charge in [-0.2, -0.15) is 8.78 Å². The molecular weight excluding hydrogens is 478 g/mol. The van der Waals surface area contributed by atoms with E-state index in [-0.39, 0.29) is 17.6 Å². The van der Waals surface area contributed by atoms with Crippen LogP contribution in [-0.4, -0.2) is 29.3 Å². The van der Waals surface area contributed by atoms with Crippen molar-refractivity contribution in [1.82, 2.24) is 4.98 Å². The minimum Gasteiger partial charge on any atom is -0.486 e. The van der Waals surface area contributed by atoms with E-state index >= 15 is 0 Å². The number of hydrogen-bond acceptors (Lipinski definition) is 6. The first-order valence-electron chi connectivity index (χ1n) is 12.4. The van der Waals surface area contributed by atoms with Gasteiger partial charge in [-0.05, 0) is 94.5 Å². The van der Waals surface area contributed by atoms with Gasteiger partial charge >= 0.3 is 12.6 Å². The molecule has 1 aliphatic carbocycles. The highest BCUT2D eigenvalue weighted by Gasteiger charge is 2.22. The summed E-state index contributed by atoms with van der Waals surface area (Å²) in [5, 5.41) is 0. The SMILES string of the molecule is CC(C)(C)OC(=O)c1ccc(N(Cc2cccnc2)c2ccc(OC(F)F)c(OC3CCCC3)c2)cc1. The summed E-state index contributed by atoms with van der Waals surface area (Å²) in [6.07, 6.45) is 7.29. The molecule has 1 aliphatic rings. The molecule has 0 radical (unpaired) electrons. The van der Waals surface area contributed by atoms with Crippen molar-refractivity contribution in [3.05, 3.63) is 78.1 Å². The number of benzene rings is 2. The van der Waals surface area contributed by atoms with E-state index in [4.69, 9.17) is 14.2 Å². The summed E-state index contributed by atoms with van der Waals surface area (Å²) >= 11 is 0. The lowest BCUT2D eigenvalue weighted by molar-refractivity contribution is -0.0520. The van der Waals surface area contributed by atoms with Crippen LogP contribution in [0.5, 0.6) is 11.5 Å². The molecule has 0 unspecified atom stereocenters. The maximum absolute atomic E-state index is 13.1. The molecule has 1 saturated carbocycles. The van der Waals surface area contributed by atoms with Crippen molar-refractivity contribution in [2.24, 2.45) is 0 Å². The zero-order valence-electron chi connectivity index (χ0n) is 21.3. The Bertz CT molecular complexity index is 1170. The molecule has 8 heteroatoms. The number of hydrogen-bond donors (Lipinski definition) is 0. The highest BCUT2D eigenvalue weighted by Crippen LogP contribution is 2.38. The fourth-order valence-corrected chi connectivity index (χ4v) is 4.26. The van der Waals surface area contributed by atoms with Crippen LogP contribution in [0, 0.1) is 0 Å². The minimum atomic E-state index is -2.95. The Kier molecular flexibility index (Phi) is 8.26. The van der Waals surface area contributed by atoms with E-state index in [0.717, 1.165) is 42.6 Å². The zero-order valence-corrected chi connectivity index (χ0v) is 21.3. The third kappa shape index (κ3) is 7.41. The highest BCUT2D eigenvalue weighted by atomic mass is 19.3. The largest absolute Gasteiger partial charge is 0.486 e. The van der Waals surface area contributed by atoms with E-state index in [1.165, 1.54) is 6.07 Å². The van der Waals surface area contributed by atoms with Crippen LogP contribution in [0.3, 0.4) is 0 Å². The molecule has 0 saturated heterocycles. The van der Waals surface area contributed by atoms with Crippen LogP contribution in [0.15, 0.2) is 67.0 Å². The summed E-state index contributed by atoms with van der Waals surface area (Å²) in [5.41, 5.74) is 2.31. The van der Waals surface area contributed by atoms with Gasteiger partial charge in [0.1, 0.15) is 5.60 Å². The molecule has 1 fully saturated rings. The average Bonchev–Trinajstić information content (AvgIpc) is 3.36. The molecule has 6 nitrogen and oxygen atoms in total. The number of esters is 1. The van der Waals surface area contributed by atoms with E-state index in [0.29, 0.717) is 12.1 Å². The number of alkyl halides is 2. The van der Waals surface area contributed by atoms with Gasteiger partial charge in [0.05, 0.1) is 11.7 Å². The van der Waals surface area contributed by atoms with Crippen LogP contribution >= 0.6 is 0 Å². The summed E-state index contributed by atoms with van der Waals surface area (Å²) in [7, 11) is 0. The fourth-order valence-electron chi connectivity index (χ4n) is 4.26. The van der Waals surface area contributed by atoms with Gasteiger partial charge in [0.15, 0.2) is 11.5 Å². The third-order valence-corrected chi connectivity index (χ3v) is 5.93. The van der Waals surface area contributed by atoms with Gasteiger partial charge < -0.3 is 19.1 Å². The molecule has 0 spiro atoms. The quantitative estimate of drug-likeness (QED) is 0.282. The monoisotopic (exact) mass is 510 g/mol. The number of rotatable bonds is 9. The molecule has 196 valence electrons. The zero-order chi connectivity index (χ0) is 26.4. The average molecular weight is 511 g/mol. The number of anilines is 2. The van der Waals surface area contributed by atoms with Crippen molar-refractivity contribution in [3.63, 3.8) is 0 Å². The van der Waals surface area contributed by atoms with Crippen LogP contribution in [0.4, 0.5) is 20.2 Å². The van der Waals surface area contributed by atoms with Crippen molar-refractivity contribution in [2.75, 3.05) is 4.90 Å². The molecular formula is C29H32F2N2O4. The molecule has 3 aromatic rings. The fraction of sp³-hybridized carbons (Fsp3) is 0.379. The lowest BCUT2D eigenvalue weighted by atomic mass is 10.1. The molecule has 1 aromatic heterocycles. The maximum atomic E-state index is 13.1. The lowest BCUT2D eigenvalue weighted by Gasteiger charge is -2.27. The number of carbonyl (C=O) groups excluding carboxylic acids is 1. The molecule has 37 heavy (non-hydrogen) atoms. The van der Waals surface area contributed by atoms with Crippen LogP contribution in [0.2, 0.25) is 0 Å². The van der Waals surface area contributed by atoms with Gasteiger partial charge in [0.2, 0.25) is 0 Å². The smallest absolute Gasteiger partial charge is 0.387 e. The van der Waals surface area contributed by atoms with Gasteiger partial charge in [-0.25, -0.2) is 4.79 Å². The van der Waals surface area contributed by atoms with Gasteiger partial charge in [-0.15, -0.1) is 0 Å². The number of nitrogens with zero attached hydrogens (tertiary/aromatic N) is 2. The van der Waals surface area contributed by atoms with Gasteiger partial charge in [0.25, 0.3) is 0 Å².